The van der Waals surface area contributed by atoms with Crippen molar-refractivity contribution in [1.29, 1.82) is 0 Å². The molecule has 1 rings (SSSR count). The number of nitrogens with one attached hydrogen (secondary N) is 2. The van der Waals surface area contributed by atoms with Crippen LogP contribution in [0.3, 0.4) is 0 Å². The summed E-state index contributed by atoms with van der Waals surface area (Å²) < 4.78 is 10.9. The molecule has 0 aromatic carbocycles. The minimum Gasteiger partial charge on any atom is -0.372 e. The van der Waals surface area contributed by atoms with Crippen LogP contribution in [0.4, 0.5) is 11.6 Å². The second kappa shape index (κ2) is 6.42. The summed E-state index contributed by atoms with van der Waals surface area (Å²) in [7, 11) is 1.06. The third-order valence-electron chi connectivity index (χ3n) is 2.12. The Bertz CT molecular complexity index is 358. The van der Waals surface area contributed by atoms with Crippen LogP contribution in [0.15, 0.2) is 12.4 Å². The van der Waals surface area contributed by atoms with Gasteiger partial charge >= 0.3 is 0 Å². The third-order valence-corrected chi connectivity index (χ3v) is 2.93. The Morgan fingerprint density at radius 3 is 2.75 bits per heavy atom. The van der Waals surface area contributed by atoms with Crippen molar-refractivity contribution in [2.24, 2.45) is 0 Å². The molecule has 5 nitrogen and oxygen atoms in total. The molecule has 2 N–H and O–H groups in total. The van der Waals surface area contributed by atoms with Gasteiger partial charge in [-0.1, -0.05) is 0 Å². The van der Waals surface area contributed by atoms with Gasteiger partial charge in [-0.15, -0.1) is 0 Å². The van der Waals surface area contributed by atoms with Crippen LogP contribution in [0.1, 0.15) is 13.3 Å². The van der Waals surface area contributed by atoms with Gasteiger partial charge in [0.1, 0.15) is 11.6 Å². The maximum absolute atomic E-state index is 10.9. The van der Waals surface area contributed by atoms with Crippen LogP contribution >= 0.6 is 0 Å². The minimum atomic E-state index is -0.739. The molecule has 1 aromatic heterocycles. The van der Waals surface area contributed by atoms with Crippen LogP contribution in [-0.4, -0.2) is 39.3 Å². The van der Waals surface area contributed by atoms with Gasteiger partial charge in [-0.3, -0.25) is 9.19 Å². The van der Waals surface area contributed by atoms with Crippen molar-refractivity contribution in [3.63, 3.8) is 0 Å². The smallest absolute Gasteiger partial charge is 0.147 e. The largest absolute Gasteiger partial charge is 0.372 e. The number of nitrogens with zero attached hydrogens (tertiary/aromatic N) is 2. The Hall–Kier alpha value is -1.17. The van der Waals surface area contributed by atoms with Gasteiger partial charge in [-0.05, 0) is 13.3 Å². The van der Waals surface area contributed by atoms with Crippen LogP contribution in [0.25, 0.3) is 0 Å². The lowest BCUT2D eigenvalue weighted by Crippen LogP contribution is -2.19. The first-order valence-electron chi connectivity index (χ1n) is 5.18. The Morgan fingerprint density at radius 2 is 2.12 bits per heavy atom. The van der Waals surface area contributed by atoms with Crippen molar-refractivity contribution in [3.8, 4) is 0 Å². The molecule has 0 aliphatic heterocycles. The first kappa shape index (κ1) is 12.9. The molecule has 2 atom stereocenters. The van der Waals surface area contributed by atoms with Crippen molar-refractivity contribution in [3.05, 3.63) is 12.4 Å². The molecular formula is C10H18N4OS. The van der Waals surface area contributed by atoms with Gasteiger partial charge in [0.25, 0.3) is 0 Å². The van der Waals surface area contributed by atoms with Crippen molar-refractivity contribution >= 4 is 22.4 Å². The van der Waals surface area contributed by atoms with Crippen molar-refractivity contribution < 1.29 is 4.21 Å². The van der Waals surface area contributed by atoms with E-state index >= 15 is 0 Å². The van der Waals surface area contributed by atoms with E-state index in [0.29, 0.717) is 5.75 Å². The average Bonchev–Trinajstić information content (AvgIpc) is 2.26. The SMILES string of the molecule is CNc1cncc(NC(C)CCS(C)=O)n1. The molecule has 1 aromatic rings. The average molecular weight is 242 g/mol. The summed E-state index contributed by atoms with van der Waals surface area (Å²) in [6.45, 7) is 2.04. The molecule has 0 aliphatic rings. The molecule has 90 valence electrons. The Morgan fingerprint density at radius 1 is 1.44 bits per heavy atom. The van der Waals surface area contributed by atoms with E-state index < -0.39 is 10.8 Å². The van der Waals surface area contributed by atoms with E-state index in [0.717, 1.165) is 18.1 Å². The normalized spacial score (nSPS) is 14.2. The van der Waals surface area contributed by atoms with Gasteiger partial charge in [0.2, 0.25) is 0 Å². The Kier molecular flexibility index (Phi) is 5.18. The number of rotatable bonds is 6. The molecule has 0 bridgehead atoms. The minimum absolute atomic E-state index is 0.241. The molecule has 0 fully saturated rings. The van der Waals surface area contributed by atoms with Gasteiger partial charge in [0, 0.05) is 35.9 Å². The monoisotopic (exact) mass is 242 g/mol. The summed E-state index contributed by atoms with van der Waals surface area (Å²) in [5, 5.41) is 6.15. The second-order valence-corrected chi connectivity index (χ2v) is 5.21. The van der Waals surface area contributed by atoms with Gasteiger partial charge in [0.15, 0.2) is 0 Å². The zero-order valence-corrected chi connectivity index (χ0v) is 10.7. The van der Waals surface area contributed by atoms with Gasteiger partial charge in [0.05, 0.1) is 12.4 Å². The van der Waals surface area contributed by atoms with E-state index in [1.165, 1.54) is 0 Å². The molecule has 0 amide bonds. The van der Waals surface area contributed by atoms with E-state index in [-0.39, 0.29) is 6.04 Å². The molecule has 16 heavy (non-hydrogen) atoms. The maximum atomic E-state index is 10.9. The summed E-state index contributed by atoms with van der Waals surface area (Å²) in [6, 6.07) is 0.241. The topological polar surface area (TPSA) is 66.9 Å². The summed E-state index contributed by atoms with van der Waals surface area (Å²) in [4.78, 5) is 8.35. The highest BCUT2D eigenvalue weighted by Gasteiger charge is 2.04. The van der Waals surface area contributed by atoms with Crippen molar-refractivity contribution in [2.75, 3.05) is 29.7 Å². The van der Waals surface area contributed by atoms with E-state index in [9.17, 15) is 4.21 Å². The Balaban J connectivity index is 2.48. The number of hydrogen-bond donors (Lipinski definition) is 2. The van der Waals surface area contributed by atoms with E-state index in [4.69, 9.17) is 0 Å². The fraction of sp³-hybridized carbons (Fsp3) is 0.600. The lowest BCUT2D eigenvalue weighted by atomic mass is 10.2. The molecule has 0 saturated heterocycles. The van der Waals surface area contributed by atoms with Crippen LogP contribution in [-0.2, 0) is 10.8 Å². The number of hydrogen-bond acceptors (Lipinski definition) is 5. The highest BCUT2D eigenvalue weighted by molar-refractivity contribution is 7.84. The maximum Gasteiger partial charge on any atom is 0.147 e. The molecule has 0 spiro atoms. The molecule has 0 aliphatic carbocycles. The number of aromatic nitrogens is 2. The molecule has 2 unspecified atom stereocenters. The summed E-state index contributed by atoms with van der Waals surface area (Å²) in [5.41, 5.74) is 0. The van der Waals surface area contributed by atoms with Gasteiger partial charge in [-0.2, -0.15) is 0 Å². The second-order valence-electron chi connectivity index (χ2n) is 3.65. The lowest BCUT2D eigenvalue weighted by molar-refractivity contribution is 0.678. The van der Waals surface area contributed by atoms with E-state index in [2.05, 4.69) is 20.6 Å². The van der Waals surface area contributed by atoms with Crippen LogP contribution < -0.4 is 10.6 Å². The van der Waals surface area contributed by atoms with Crippen LogP contribution in [0, 0.1) is 0 Å². The highest BCUT2D eigenvalue weighted by Crippen LogP contribution is 2.08. The fourth-order valence-corrected chi connectivity index (χ4v) is 1.91. The van der Waals surface area contributed by atoms with E-state index in [1.54, 1.807) is 25.7 Å². The first-order valence-corrected chi connectivity index (χ1v) is 6.91. The lowest BCUT2D eigenvalue weighted by Gasteiger charge is -2.13. The van der Waals surface area contributed by atoms with Crippen LogP contribution in [0.2, 0.25) is 0 Å². The number of anilines is 2. The first-order chi connectivity index (χ1) is 7.61. The van der Waals surface area contributed by atoms with E-state index in [1.807, 2.05) is 6.92 Å². The predicted octanol–water partition coefficient (Wildman–Crippen LogP) is 1.09. The predicted molar refractivity (Wildman–Crippen MR) is 68.2 cm³/mol. The third kappa shape index (κ3) is 4.57. The van der Waals surface area contributed by atoms with Crippen molar-refractivity contribution in [2.45, 2.75) is 19.4 Å². The zero-order valence-electron chi connectivity index (χ0n) is 9.86. The quantitative estimate of drug-likeness (QED) is 0.781. The summed E-state index contributed by atoms with van der Waals surface area (Å²) in [5.74, 6) is 2.17. The van der Waals surface area contributed by atoms with Gasteiger partial charge in [-0.25, -0.2) is 4.98 Å². The summed E-state index contributed by atoms with van der Waals surface area (Å²) in [6.07, 6.45) is 5.92. The highest BCUT2D eigenvalue weighted by atomic mass is 32.2. The van der Waals surface area contributed by atoms with Crippen molar-refractivity contribution in [1.82, 2.24) is 9.97 Å². The molecule has 6 heteroatoms. The summed E-state index contributed by atoms with van der Waals surface area (Å²) >= 11 is 0. The van der Waals surface area contributed by atoms with Crippen LogP contribution in [0.5, 0.6) is 0 Å². The zero-order chi connectivity index (χ0) is 12.0. The molecule has 1 heterocycles. The molecule has 0 radical (unpaired) electrons. The molecular weight excluding hydrogens is 224 g/mol. The Labute approximate surface area is 98.5 Å². The van der Waals surface area contributed by atoms with Gasteiger partial charge < -0.3 is 10.6 Å². The fourth-order valence-electron chi connectivity index (χ4n) is 1.22. The molecule has 0 saturated carbocycles. The standard InChI is InChI=1S/C10H18N4OS/c1-8(4-5-16(3)15)13-10-7-12-6-9(11-2)14-10/h6-8H,4-5H2,1-3H3,(H2,11,13,14).